The number of pyridine rings is 1. The third-order valence-corrected chi connectivity index (χ3v) is 3.18. The first kappa shape index (κ1) is 13.2. The van der Waals surface area contributed by atoms with E-state index < -0.39 is 0 Å². The van der Waals surface area contributed by atoms with Gasteiger partial charge >= 0.3 is 0 Å². The van der Waals surface area contributed by atoms with Crippen molar-refractivity contribution in [3.63, 3.8) is 0 Å². The van der Waals surface area contributed by atoms with Gasteiger partial charge in [0.15, 0.2) is 0 Å². The Morgan fingerprint density at radius 3 is 2.79 bits per heavy atom. The first-order valence-corrected chi connectivity index (χ1v) is 6.15. The van der Waals surface area contributed by atoms with Crippen molar-refractivity contribution in [1.29, 1.82) is 5.26 Å². The summed E-state index contributed by atoms with van der Waals surface area (Å²) in [6, 6.07) is 7.78. The number of methoxy groups -OCH3 is 1. The van der Waals surface area contributed by atoms with Crippen LogP contribution in [0.2, 0.25) is 0 Å². The van der Waals surface area contributed by atoms with Gasteiger partial charge in [-0.3, -0.25) is 4.79 Å². The second-order valence-corrected chi connectivity index (χ2v) is 4.77. The Morgan fingerprint density at radius 1 is 1.42 bits per heavy atom. The van der Waals surface area contributed by atoms with Gasteiger partial charge in [-0.15, -0.1) is 0 Å². The summed E-state index contributed by atoms with van der Waals surface area (Å²) in [6.07, 6.45) is 0.456. The van der Waals surface area contributed by atoms with E-state index in [1.807, 2.05) is 25.1 Å². The number of aryl methyl sites for hydroxylation is 1. The largest absolute Gasteiger partial charge is 0.496 e. The molecule has 0 aliphatic heterocycles. The van der Waals surface area contributed by atoms with Gasteiger partial charge in [-0.1, -0.05) is 0 Å². The number of nitrogens with one attached hydrogen (secondary N) is 1. The van der Waals surface area contributed by atoms with Crippen LogP contribution in [-0.2, 0) is 6.42 Å². The Labute approximate surface area is 111 Å². The van der Waals surface area contributed by atoms with Gasteiger partial charge in [0.05, 0.1) is 13.2 Å². The molecule has 1 N–H and O–H groups in total. The maximum atomic E-state index is 12.0. The molecular formula is C15H16N2O2. The molecule has 4 heteroatoms. The molecule has 0 amide bonds. The Kier molecular flexibility index (Phi) is 3.57. The summed E-state index contributed by atoms with van der Waals surface area (Å²) < 4.78 is 5.28. The van der Waals surface area contributed by atoms with Crippen molar-refractivity contribution in [1.82, 2.24) is 4.98 Å². The van der Waals surface area contributed by atoms with Gasteiger partial charge < -0.3 is 9.72 Å². The molecule has 0 spiro atoms. The minimum Gasteiger partial charge on any atom is -0.496 e. The summed E-state index contributed by atoms with van der Waals surface area (Å²) in [5, 5.41) is 9.76. The van der Waals surface area contributed by atoms with Crippen LogP contribution in [-0.4, -0.2) is 12.1 Å². The maximum Gasteiger partial charge on any atom is 0.251 e. The Hall–Kier alpha value is -2.28. The van der Waals surface area contributed by atoms with Crippen LogP contribution < -0.4 is 10.3 Å². The Balaban J connectivity index is 2.58. The van der Waals surface area contributed by atoms with E-state index in [-0.39, 0.29) is 11.5 Å². The molecule has 0 aliphatic rings. The van der Waals surface area contributed by atoms with E-state index in [1.54, 1.807) is 14.0 Å². The molecule has 0 fully saturated rings. The predicted molar refractivity (Wildman–Crippen MR) is 74.3 cm³/mol. The van der Waals surface area contributed by atoms with Crippen molar-refractivity contribution in [2.24, 2.45) is 5.92 Å². The SMILES string of the molecule is COc1cc2cc(C[C@H](C)C#N)c(=O)[nH]c2cc1C. The standard InChI is InChI=1S/C15H16N2O2/c1-9(8-16)4-12-6-11-7-14(19-3)10(2)5-13(11)17-15(12)18/h5-7,9H,4H2,1-3H3,(H,17,18)/t9-/m0/s1. The van der Waals surface area contributed by atoms with Crippen LogP contribution in [0.15, 0.2) is 23.0 Å². The highest BCUT2D eigenvalue weighted by molar-refractivity contribution is 5.81. The fraction of sp³-hybridized carbons (Fsp3) is 0.333. The van der Waals surface area contributed by atoms with Crippen LogP contribution in [0.1, 0.15) is 18.1 Å². The number of hydrogen-bond acceptors (Lipinski definition) is 3. The third kappa shape index (κ3) is 2.60. The number of aromatic nitrogens is 1. The second-order valence-electron chi connectivity index (χ2n) is 4.77. The van der Waals surface area contributed by atoms with Gasteiger partial charge in [-0.05, 0) is 44.0 Å². The highest BCUT2D eigenvalue weighted by Crippen LogP contribution is 2.24. The van der Waals surface area contributed by atoms with Crippen molar-refractivity contribution < 1.29 is 4.74 Å². The van der Waals surface area contributed by atoms with E-state index in [9.17, 15) is 4.79 Å². The first-order chi connectivity index (χ1) is 9.05. The van der Waals surface area contributed by atoms with E-state index >= 15 is 0 Å². The number of nitrogens with zero attached hydrogens (tertiary/aromatic N) is 1. The number of nitriles is 1. The fourth-order valence-electron chi connectivity index (χ4n) is 2.13. The second kappa shape index (κ2) is 5.15. The summed E-state index contributed by atoms with van der Waals surface area (Å²) in [7, 11) is 1.62. The van der Waals surface area contributed by atoms with Gasteiger partial charge in [0, 0.05) is 22.4 Å². The number of benzene rings is 1. The van der Waals surface area contributed by atoms with Gasteiger partial charge in [0.25, 0.3) is 5.56 Å². The van der Waals surface area contributed by atoms with Gasteiger partial charge in [-0.2, -0.15) is 5.26 Å². The zero-order valence-corrected chi connectivity index (χ0v) is 11.3. The number of hydrogen-bond donors (Lipinski definition) is 1. The smallest absolute Gasteiger partial charge is 0.251 e. The zero-order valence-electron chi connectivity index (χ0n) is 11.3. The molecule has 98 valence electrons. The Bertz CT molecular complexity index is 710. The van der Waals surface area contributed by atoms with E-state index in [0.717, 1.165) is 22.2 Å². The van der Waals surface area contributed by atoms with E-state index in [2.05, 4.69) is 11.1 Å². The van der Waals surface area contributed by atoms with Crippen LogP contribution in [0.25, 0.3) is 10.9 Å². The summed E-state index contributed by atoms with van der Waals surface area (Å²) in [5.74, 6) is 0.615. The van der Waals surface area contributed by atoms with Crippen molar-refractivity contribution in [3.05, 3.63) is 39.7 Å². The molecule has 1 aromatic carbocycles. The van der Waals surface area contributed by atoms with Crippen LogP contribution in [0.5, 0.6) is 5.75 Å². The van der Waals surface area contributed by atoms with Gasteiger partial charge in [0.1, 0.15) is 5.75 Å². The van der Waals surface area contributed by atoms with Crippen LogP contribution in [0.4, 0.5) is 0 Å². The molecule has 0 saturated heterocycles. The van der Waals surface area contributed by atoms with Crippen molar-refractivity contribution in [3.8, 4) is 11.8 Å². The summed E-state index contributed by atoms with van der Waals surface area (Å²) >= 11 is 0. The molecule has 0 saturated carbocycles. The number of ether oxygens (including phenoxy) is 1. The molecular weight excluding hydrogens is 240 g/mol. The Morgan fingerprint density at radius 2 is 2.16 bits per heavy atom. The first-order valence-electron chi connectivity index (χ1n) is 6.15. The van der Waals surface area contributed by atoms with Gasteiger partial charge in [-0.25, -0.2) is 0 Å². The number of rotatable bonds is 3. The molecule has 0 unspecified atom stereocenters. The fourth-order valence-corrected chi connectivity index (χ4v) is 2.13. The molecule has 0 bridgehead atoms. The summed E-state index contributed by atoms with van der Waals surface area (Å²) in [6.45, 7) is 3.74. The lowest BCUT2D eigenvalue weighted by atomic mass is 10.0. The predicted octanol–water partition coefficient (Wildman–Crippen LogP) is 2.55. The molecule has 1 aromatic heterocycles. The van der Waals surface area contributed by atoms with Gasteiger partial charge in [0.2, 0.25) is 0 Å². The van der Waals surface area contributed by atoms with E-state index in [4.69, 9.17) is 10.00 Å². The summed E-state index contributed by atoms with van der Waals surface area (Å²) in [4.78, 5) is 14.8. The number of fused-ring (bicyclic) bond motifs is 1. The van der Waals surface area contributed by atoms with E-state index in [0.29, 0.717) is 12.0 Å². The van der Waals surface area contributed by atoms with Crippen LogP contribution in [0.3, 0.4) is 0 Å². The molecule has 2 rings (SSSR count). The normalized spacial score (nSPS) is 12.1. The number of aromatic amines is 1. The van der Waals surface area contributed by atoms with Crippen molar-refractivity contribution >= 4 is 10.9 Å². The molecule has 1 heterocycles. The van der Waals surface area contributed by atoms with Crippen molar-refractivity contribution in [2.75, 3.05) is 7.11 Å². The maximum absolute atomic E-state index is 12.0. The third-order valence-electron chi connectivity index (χ3n) is 3.18. The lowest BCUT2D eigenvalue weighted by Gasteiger charge is -2.08. The molecule has 19 heavy (non-hydrogen) atoms. The molecule has 1 atom stereocenters. The van der Waals surface area contributed by atoms with Crippen molar-refractivity contribution in [2.45, 2.75) is 20.3 Å². The quantitative estimate of drug-likeness (QED) is 0.917. The molecule has 0 radical (unpaired) electrons. The minimum absolute atomic E-state index is 0.126. The average Bonchev–Trinajstić information content (AvgIpc) is 2.39. The molecule has 2 aromatic rings. The lowest BCUT2D eigenvalue weighted by molar-refractivity contribution is 0.412. The molecule has 0 aliphatic carbocycles. The number of H-pyrrole nitrogens is 1. The minimum atomic E-state index is -0.175. The molecule has 4 nitrogen and oxygen atoms in total. The lowest BCUT2D eigenvalue weighted by Crippen LogP contribution is -2.14. The monoisotopic (exact) mass is 256 g/mol. The highest BCUT2D eigenvalue weighted by Gasteiger charge is 2.09. The topological polar surface area (TPSA) is 65.9 Å². The van der Waals surface area contributed by atoms with Crippen LogP contribution >= 0.6 is 0 Å². The summed E-state index contributed by atoms with van der Waals surface area (Å²) in [5.41, 5.74) is 2.27. The van der Waals surface area contributed by atoms with Crippen LogP contribution in [0, 0.1) is 24.2 Å². The van der Waals surface area contributed by atoms with E-state index in [1.165, 1.54) is 0 Å². The zero-order chi connectivity index (χ0) is 14.0. The average molecular weight is 256 g/mol. The highest BCUT2D eigenvalue weighted by atomic mass is 16.5.